The predicted octanol–water partition coefficient (Wildman–Crippen LogP) is 1.88. The molecule has 0 amide bonds. The van der Waals surface area contributed by atoms with Gasteiger partial charge < -0.3 is 15.8 Å². The quantitative estimate of drug-likeness (QED) is 0.795. The minimum absolute atomic E-state index is 0.465. The van der Waals surface area contributed by atoms with E-state index in [0.29, 0.717) is 6.04 Å². The summed E-state index contributed by atoms with van der Waals surface area (Å²) in [4.78, 5) is 0. The van der Waals surface area contributed by atoms with Gasteiger partial charge >= 0.3 is 0 Å². The number of hydrogen-bond acceptors (Lipinski definition) is 3. The first-order valence-electron chi connectivity index (χ1n) is 7.52. The van der Waals surface area contributed by atoms with Gasteiger partial charge in [0.25, 0.3) is 0 Å². The molecule has 0 atom stereocenters. The van der Waals surface area contributed by atoms with Crippen molar-refractivity contribution in [2.45, 2.75) is 38.1 Å². The number of aryl methyl sites for hydroxylation is 1. The second-order valence-electron chi connectivity index (χ2n) is 5.95. The number of rotatable bonds is 5. The van der Waals surface area contributed by atoms with Crippen molar-refractivity contribution in [3.8, 4) is 5.75 Å². The van der Waals surface area contributed by atoms with E-state index >= 15 is 0 Å². The van der Waals surface area contributed by atoms with Crippen LogP contribution in [-0.2, 0) is 12.8 Å². The van der Waals surface area contributed by atoms with Crippen LogP contribution in [0.5, 0.6) is 5.75 Å². The maximum Gasteiger partial charge on any atom is 0.122 e. The van der Waals surface area contributed by atoms with Crippen molar-refractivity contribution in [2.24, 2.45) is 11.7 Å². The molecule has 0 saturated heterocycles. The third-order valence-corrected chi connectivity index (χ3v) is 4.27. The van der Waals surface area contributed by atoms with Gasteiger partial charge in [-0.05, 0) is 68.3 Å². The van der Waals surface area contributed by atoms with Crippen LogP contribution in [0.3, 0.4) is 0 Å². The molecule has 1 fully saturated rings. The molecule has 3 rings (SSSR count). The summed E-state index contributed by atoms with van der Waals surface area (Å²) < 4.78 is 5.64. The zero-order chi connectivity index (χ0) is 13.1. The van der Waals surface area contributed by atoms with Gasteiger partial charge in [-0.15, -0.1) is 0 Å². The summed E-state index contributed by atoms with van der Waals surface area (Å²) in [6.07, 6.45) is 5.81. The molecule has 1 aliphatic carbocycles. The molecule has 2 aliphatic rings. The molecule has 1 saturated carbocycles. The minimum Gasteiger partial charge on any atom is -0.493 e. The first-order valence-corrected chi connectivity index (χ1v) is 7.52. The van der Waals surface area contributed by atoms with Crippen molar-refractivity contribution in [3.05, 3.63) is 29.3 Å². The Morgan fingerprint density at radius 2 is 2.21 bits per heavy atom. The van der Waals surface area contributed by atoms with Gasteiger partial charge in [0.05, 0.1) is 6.61 Å². The molecule has 1 aromatic carbocycles. The molecule has 104 valence electrons. The minimum atomic E-state index is 0.465. The summed E-state index contributed by atoms with van der Waals surface area (Å²) in [6, 6.07) is 7.11. The highest BCUT2D eigenvalue weighted by molar-refractivity contribution is 5.38. The molecule has 0 unspecified atom stereocenters. The van der Waals surface area contributed by atoms with Crippen molar-refractivity contribution in [1.82, 2.24) is 5.32 Å². The largest absolute Gasteiger partial charge is 0.493 e. The lowest BCUT2D eigenvalue weighted by molar-refractivity contribution is 0.257. The maximum absolute atomic E-state index is 5.79. The van der Waals surface area contributed by atoms with Gasteiger partial charge in [0.2, 0.25) is 0 Å². The second kappa shape index (κ2) is 5.93. The summed E-state index contributed by atoms with van der Waals surface area (Å²) in [6.45, 7) is 3.06. The smallest absolute Gasteiger partial charge is 0.122 e. The Morgan fingerprint density at radius 3 is 3.05 bits per heavy atom. The molecule has 19 heavy (non-hydrogen) atoms. The molecular weight excluding hydrogens is 236 g/mol. The fourth-order valence-corrected chi connectivity index (χ4v) is 3.06. The zero-order valence-electron chi connectivity index (χ0n) is 11.5. The molecule has 3 N–H and O–H groups in total. The van der Waals surface area contributed by atoms with Crippen molar-refractivity contribution in [3.63, 3.8) is 0 Å². The summed E-state index contributed by atoms with van der Waals surface area (Å²) in [7, 11) is 0. The lowest BCUT2D eigenvalue weighted by Crippen LogP contribution is -2.41. The molecule has 1 heterocycles. The molecule has 1 aliphatic heterocycles. The molecule has 0 radical (unpaired) electrons. The number of hydrogen-bond donors (Lipinski definition) is 2. The maximum atomic E-state index is 5.79. The van der Waals surface area contributed by atoms with E-state index < -0.39 is 0 Å². The number of ether oxygens (including phenoxy) is 1. The number of fused-ring (bicyclic) bond motifs is 1. The molecule has 0 aromatic heterocycles. The summed E-state index contributed by atoms with van der Waals surface area (Å²) >= 11 is 0. The first kappa shape index (κ1) is 12.9. The van der Waals surface area contributed by atoms with Crippen LogP contribution in [0.15, 0.2) is 18.2 Å². The van der Waals surface area contributed by atoms with E-state index in [1.165, 1.54) is 24.0 Å². The summed E-state index contributed by atoms with van der Waals surface area (Å²) in [5.74, 6) is 1.90. The van der Waals surface area contributed by atoms with Crippen LogP contribution >= 0.6 is 0 Å². The highest BCUT2D eigenvalue weighted by Crippen LogP contribution is 2.26. The van der Waals surface area contributed by atoms with E-state index in [1.807, 2.05) is 0 Å². The lowest BCUT2D eigenvalue weighted by atomic mass is 9.81. The van der Waals surface area contributed by atoms with E-state index in [0.717, 1.165) is 50.6 Å². The number of nitrogens with two attached hydrogens (primary N) is 1. The van der Waals surface area contributed by atoms with E-state index in [4.69, 9.17) is 10.5 Å². The van der Waals surface area contributed by atoms with Crippen LogP contribution < -0.4 is 15.8 Å². The van der Waals surface area contributed by atoms with E-state index in [-0.39, 0.29) is 0 Å². The normalized spacial score (nSPS) is 25.3. The third-order valence-electron chi connectivity index (χ3n) is 4.27. The Bertz CT molecular complexity index is 427. The fourth-order valence-electron chi connectivity index (χ4n) is 3.06. The van der Waals surface area contributed by atoms with Crippen LogP contribution in [0, 0.1) is 5.92 Å². The average molecular weight is 260 g/mol. The van der Waals surface area contributed by atoms with Crippen molar-refractivity contribution < 1.29 is 4.74 Å². The Balaban J connectivity index is 1.42. The predicted molar refractivity (Wildman–Crippen MR) is 77.5 cm³/mol. The fraction of sp³-hybridized carbons (Fsp3) is 0.625. The van der Waals surface area contributed by atoms with Gasteiger partial charge in [-0.25, -0.2) is 0 Å². The van der Waals surface area contributed by atoms with Gasteiger partial charge in [-0.2, -0.15) is 0 Å². The molecule has 0 spiro atoms. The molecule has 1 aromatic rings. The van der Waals surface area contributed by atoms with E-state index in [9.17, 15) is 0 Å². The van der Waals surface area contributed by atoms with Gasteiger partial charge in [0, 0.05) is 6.04 Å². The van der Waals surface area contributed by atoms with Crippen LogP contribution in [0.25, 0.3) is 0 Å². The van der Waals surface area contributed by atoms with Gasteiger partial charge in [-0.3, -0.25) is 0 Å². The van der Waals surface area contributed by atoms with Crippen molar-refractivity contribution >= 4 is 0 Å². The van der Waals surface area contributed by atoms with Crippen LogP contribution in [0.2, 0.25) is 0 Å². The van der Waals surface area contributed by atoms with Crippen molar-refractivity contribution in [2.75, 3.05) is 19.7 Å². The SMILES string of the molecule is NC1CC(CNCCc2ccc3c(c2)CCCO3)C1. The molecular formula is C16H24N2O. The average Bonchev–Trinajstić information content (AvgIpc) is 2.41. The molecule has 3 heteroatoms. The van der Waals surface area contributed by atoms with Crippen LogP contribution in [-0.4, -0.2) is 25.7 Å². The van der Waals surface area contributed by atoms with E-state index in [2.05, 4.69) is 23.5 Å². The highest BCUT2D eigenvalue weighted by Gasteiger charge is 2.24. The van der Waals surface area contributed by atoms with E-state index in [1.54, 1.807) is 0 Å². The standard InChI is InChI=1S/C16H24N2O/c17-15-9-13(10-15)11-18-6-5-12-3-4-16-14(8-12)2-1-7-19-16/h3-4,8,13,15,18H,1-2,5-7,9-11,17H2. The Labute approximate surface area is 115 Å². The molecule has 0 bridgehead atoms. The lowest BCUT2D eigenvalue weighted by Gasteiger charge is -2.32. The molecule has 3 nitrogen and oxygen atoms in total. The Morgan fingerprint density at radius 1 is 1.32 bits per heavy atom. The topological polar surface area (TPSA) is 47.3 Å². The third kappa shape index (κ3) is 3.28. The van der Waals surface area contributed by atoms with Gasteiger partial charge in [0.1, 0.15) is 5.75 Å². The summed E-state index contributed by atoms with van der Waals surface area (Å²) in [5, 5.41) is 3.55. The monoisotopic (exact) mass is 260 g/mol. The van der Waals surface area contributed by atoms with Crippen LogP contribution in [0.4, 0.5) is 0 Å². The van der Waals surface area contributed by atoms with Crippen molar-refractivity contribution in [1.29, 1.82) is 0 Å². The second-order valence-corrected chi connectivity index (χ2v) is 5.95. The number of benzene rings is 1. The first-order chi connectivity index (χ1) is 9.31. The summed E-state index contributed by atoms with van der Waals surface area (Å²) in [5.41, 5.74) is 8.59. The van der Waals surface area contributed by atoms with Gasteiger partial charge in [0.15, 0.2) is 0 Å². The van der Waals surface area contributed by atoms with Crippen LogP contribution in [0.1, 0.15) is 30.4 Å². The zero-order valence-corrected chi connectivity index (χ0v) is 11.5. The Hall–Kier alpha value is -1.06. The van der Waals surface area contributed by atoms with Gasteiger partial charge in [-0.1, -0.05) is 12.1 Å². The number of nitrogens with one attached hydrogen (secondary N) is 1. The Kier molecular flexibility index (Phi) is 4.04. The highest BCUT2D eigenvalue weighted by atomic mass is 16.5.